The molecule has 0 aliphatic heterocycles. The Balaban J connectivity index is 1.50. The average molecular weight is 399 g/mol. The number of benzene rings is 2. The Labute approximate surface area is 184 Å². The molecule has 3 rings (SSSR count). The Morgan fingerprint density at radius 2 is 1.33 bits per heavy atom. The van der Waals surface area contributed by atoms with Gasteiger partial charge in [0.05, 0.1) is 0 Å². The van der Waals surface area contributed by atoms with Gasteiger partial charge in [-0.15, -0.1) is 0 Å². The van der Waals surface area contributed by atoms with E-state index in [1.165, 1.54) is 80.1 Å². The van der Waals surface area contributed by atoms with Crippen molar-refractivity contribution in [2.75, 3.05) is 0 Å². The Morgan fingerprint density at radius 3 is 1.87 bits per heavy atom. The van der Waals surface area contributed by atoms with E-state index in [-0.39, 0.29) is 0 Å². The van der Waals surface area contributed by atoms with E-state index in [4.69, 9.17) is 0 Å². The Hall–Kier alpha value is -2.26. The van der Waals surface area contributed by atoms with E-state index in [1.54, 1.807) is 0 Å². The highest BCUT2D eigenvalue weighted by atomic mass is 14.2. The van der Waals surface area contributed by atoms with Gasteiger partial charge in [0.2, 0.25) is 0 Å². The first-order valence-corrected chi connectivity index (χ1v) is 12.2. The molecule has 1 unspecified atom stereocenters. The average Bonchev–Trinajstić information content (AvgIpc) is 2.80. The third-order valence-corrected chi connectivity index (χ3v) is 6.32. The molecule has 0 saturated heterocycles. The van der Waals surface area contributed by atoms with E-state index in [0.29, 0.717) is 5.92 Å². The summed E-state index contributed by atoms with van der Waals surface area (Å²) in [6, 6.07) is 18.3. The molecular formula is C30H38. The third-order valence-electron chi connectivity index (χ3n) is 6.32. The molecule has 2 aromatic carbocycles. The fourth-order valence-corrected chi connectivity index (χ4v) is 4.27. The molecule has 2 aromatic rings. The number of hydrogen-bond donors (Lipinski definition) is 0. The molecule has 0 N–H and O–H groups in total. The molecule has 0 fully saturated rings. The molecule has 0 aromatic heterocycles. The second-order valence-electron chi connectivity index (χ2n) is 8.80. The number of unbranched alkanes of at least 4 members (excludes halogenated alkanes) is 4. The van der Waals surface area contributed by atoms with Crippen LogP contribution in [0.25, 0.3) is 0 Å². The van der Waals surface area contributed by atoms with Crippen LogP contribution in [0.2, 0.25) is 0 Å². The Kier molecular flexibility index (Phi) is 9.30. The van der Waals surface area contributed by atoms with Crippen LogP contribution < -0.4 is 0 Å². The fraction of sp³-hybridized carbons (Fsp3) is 0.467. The summed E-state index contributed by atoms with van der Waals surface area (Å²) < 4.78 is 0. The van der Waals surface area contributed by atoms with Crippen LogP contribution in [0.4, 0.5) is 0 Å². The molecule has 0 heteroatoms. The van der Waals surface area contributed by atoms with Crippen molar-refractivity contribution in [3.63, 3.8) is 0 Å². The van der Waals surface area contributed by atoms with Crippen LogP contribution in [-0.4, -0.2) is 0 Å². The summed E-state index contributed by atoms with van der Waals surface area (Å²) >= 11 is 0. The maximum Gasteiger partial charge on any atom is 0.0249 e. The predicted octanol–water partition coefficient (Wildman–Crippen LogP) is 8.40. The molecule has 0 radical (unpaired) electrons. The first kappa shape index (κ1) is 22.4. The lowest BCUT2D eigenvalue weighted by Gasteiger charge is -2.20. The van der Waals surface area contributed by atoms with Gasteiger partial charge in [-0.25, -0.2) is 0 Å². The molecule has 1 aliphatic carbocycles. The van der Waals surface area contributed by atoms with E-state index in [0.717, 1.165) is 18.4 Å². The Morgan fingerprint density at radius 1 is 0.733 bits per heavy atom. The maximum atomic E-state index is 3.43. The van der Waals surface area contributed by atoms with E-state index < -0.39 is 0 Å². The van der Waals surface area contributed by atoms with Crippen LogP contribution >= 0.6 is 0 Å². The zero-order chi connectivity index (χ0) is 21.0. The predicted molar refractivity (Wildman–Crippen MR) is 131 cm³/mol. The number of hydrogen-bond acceptors (Lipinski definition) is 0. The summed E-state index contributed by atoms with van der Waals surface area (Å²) in [5.41, 5.74) is 6.87. The Bertz CT molecular complexity index is 840. The van der Waals surface area contributed by atoms with E-state index in [1.807, 2.05) is 0 Å². The van der Waals surface area contributed by atoms with Crippen molar-refractivity contribution in [2.45, 2.75) is 90.4 Å². The van der Waals surface area contributed by atoms with Crippen molar-refractivity contribution in [3.8, 4) is 11.8 Å². The lowest BCUT2D eigenvalue weighted by molar-refractivity contribution is 0.607. The summed E-state index contributed by atoms with van der Waals surface area (Å²) in [6.45, 7) is 4.52. The highest BCUT2D eigenvalue weighted by Gasteiger charge is 2.15. The van der Waals surface area contributed by atoms with Gasteiger partial charge < -0.3 is 0 Å². The minimum atomic E-state index is 0.655. The van der Waals surface area contributed by atoms with Gasteiger partial charge in [0.1, 0.15) is 0 Å². The summed E-state index contributed by atoms with van der Waals surface area (Å²) in [5, 5.41) is 0. The number of allylic oxidation sites excluding steroid dienone is 2. The van der Waals surface area contributed by atoms with Gasteiger partial charge in [0, 0.05) is 5.56 Å². The zero-order valence-corrected chi connectivity index (χ0v) is 19.1. The summed E-state index contributed by atoms with van der Waals surface area (Å²) in [7, 11) is 0. The molecule has 0 nitrogen and oxygen atoms in total. The van der Waals surface area contributed by atoms with Crippen molar-refractivity contribution in [2.24, 2.45) is 0 Å². The third kappa shape index (κ3) is 7.21. The van der Waals surface area contributed by atoms with E-state index >= 15 is 0 Å². The summed E-state index contributed by atoms with van der Waals surface area (Å²) in [4.78, 5) is 0. The van der Waals surface area contributed by atoms with Crippen LogP contribution in [-0.2, 0) is 12.8 Å². The maximum absolute atomic E-state index is 3.43. The number of rotatable bonds is 9. The van der Waals surface area contributed by atoms with Gasteiger partial charge >= 0.3 is 0 Å². The molecule has 30 heavy (non-hydrogen) atoms. The van der Waals surface area contributed by atoms with E-state index in [9.17, 15) is 0 Å². The smallest absolute Gasteiger partial charge is 0.0249 e. The first-order chi connectivity index (χ1) is 14.8. The molecule has 1 atom stereocenters. The quantitative estimate of drug-likeness (QED) is 0.294. The van der Waals surface area contributed by atoms with Crippen LogP contribution in [0.3, 0.4) is 0 Å². The summed E-state index contributed by atoms with van der Waals surface area (Å²) in [5.74, 6) is 7.46. The van der Waals surface area contributed by atoms with E-state index in [2.05, 4.69) is 80.3 Å². The highest BCUT2D eigenvalue weighted by Crippen LogP contribution is 2.32. The zero-order valence-electron chi connectivity index (χ0n) is 19.1. The molecule has 0 heterocycles. The fourth-order valence-electron chi connectivity index (χ4n) is 4.27. The van der Waals surface area contributed by atoms with Gasteiger partial charge in [-0.05, 0) is 85.3 Å². The molecule has 158 valence electrons. The second-order valence-corrected chi connectivity index (χ2v) is 8.80. The monoisotopic (exact) mass is 398 g/mol. The highest BCUT2D eigenvalue weighted by molar-refractivity contribution is 5.42. The molecule has 0 spiro atoms. The minimum Gasteiger partial charge on any atom is -0.0723 e. The molecule has 0 amide bonds. The molecule has 1 aliphatic rings. The molecular weight excluding hydrogens is 360 g/mol. The molecule has 0 bridgehead atoms. The van der Waals surface area contributed by atoms with Crippen LogP contribution in [0.15, 0.2) is 60.2 Å². The lowest BCUT2D eigenvalue weighted by atomic mass is 9.84. The second kappa shape index (κ2) is 12.4. The van der Waals surface area contributed by atoms with Crippen molar-refractivity contribution in [1.29, 1.82) is 0 Å². The standard InChI is InChI=1S/C30H38/c1-3-5-7-9-25-11-13-27(14-12-25)15-16-28-19-23-30(24-20-28)29-21-17-26(18-22-29)10-8-6-4-2/h11-14,17-19,21-22,30H,3-10,20,23-24H2,1-2H3. The lowest BCUT2D eigenvalue weighted by Crippen LogP contribution is -2.04. The minimum absolute atomic E-state index is 0.655. The largest absolute Gasteiger partial charge is 0.0723 e. The van der Waals surface area contributed by atoms with Gasteiger partial charge in [0.15, 0.2) is 0 Å². The van der Waals surface area contributed by atoms with Gasteiger partial charge in [-0.1, -0.05) is 93.8 Å². The van der Waals surface area contributed by atoms with Crippen molar-refractivity contribution in [3.05, 3.63) is 82.4 Å². The van der Waals surface area contributed by atoms with Crippen LogP contribution in [0, 0.1) is 11.8 Å². The molecule has 0 saturated carbocycles. The van der Waals surface area contributed by atoms with Gasteiger partial charge in [-0.3, -0.25) is 0 Å². The SMILES string of the molecule is CCCCCc1ccc(C#CC2=CCC(c3ccc(CCCCC)cc3)CC2)cc1. The topological polar surface area (TPSA) is 0 Å². The summed E-state index contributed by atoms with van der Waals surface area (Å²) in [6.07, 6.45) is 16.0. The van der Waals surface area contributed by atoms with Crippen LogP contribution in [0.5, 0.6) is 0 Å². The van der Waals surface area contributed by atoms with Gasteiger partial charge in [0.25, 0.3) is 0 Å². The normalized spacial score (nSPS) is 15.9. The van der Waals surface area contributed by atoms with Crippen molar-refractivity contribution < 1.29 is 0 Å². The number of aryl methyl sites for hydroxylation is 2. The van der Waals surface area contributed by atoms with Crippen molar-refractivity contribution in [1.82, 2.24) is 0 Å². The van der Waals surface area contributed by atoms with Crippen LogP contribution in [0.1, 0.15) is 99.8 Å². The van der Waals surface area contributed by atoms with Crippen molar-refractivity contribution >= 4 is 0 Å². The van der Waals surface area contributed by atoms with Gasteiger partial charge in [-0.2, -0.15) is 0 Å². The first-order valence-electron chi connectivity index (χ1n) is 12.2.